The maximum Gasteiger partial charge on any atom is 0.253 e. The first-order chi connectivity index (χ1) is 9.74. The molecular weight excluding hydrogens is 272 g/mol. The standard InChI is InChI=1S/C15H14N2O2S/c18-14-6-5-10(9-16-14)15(19)17-12-7-8-20-13-4-2-1-3-11(12)13/h1-6,9,12H,7-8H2,(H,16,18)(H,17,19)/t12-/m0/s1. The minimum absolute atomic E-state index is 0.0341. The average Bonchev–Trinajstić information content (AvgIpc) is 2.48. The predicted molar refractivity (Wildman–Crippen MR) is 79.1 cm³/mol. The van der Waals surface area contributed by atoms with Gasteiger partial charge >= 0.3 is 0 Å². The maximum atomic E-state index is 12.2. The lowest BCUT2D eigenvalue weighted by Crippen LogP contribution is -2.31. The molecule has 1 aliphatic heterocycles. The molecule has 1 aliphatic rings. The third-order valence-electron chi connectivity index (χ3n) is 3.31. The van der Waals surface area contributed by atoms with Gasteiger partial charge in [-0.25, -0.2) is 0 Å². The normalized spacial score (nSPS) is 17.3. The summed E-state index contributed by atoms with van der Waals surface area (Å²) in [7, 11) is 0. The highest BCUT2D eigenvalue weighted by atomic mass is 32.2. The predicted octanol–water partition coefficient (Wildman–Crippen LogP) is 2.34. The Morgan fingerprint density at radius 2 is 2.10 bits per heavy atom. The fourth-order valence-corrected chi connectivity index (χ4v) is 3.41. The van der Waals surface area contributed by atoms with Gasteiger partial charge in [-0.3, -0.25) is 9.59 Å². The van der Waals surface area contributed by atoms with Crippen molar-refractivity contribution in [3.8, 4) is 0 Å². The molecule has 20 heavy (non-hydrogen) atoms. The summed E-state index contributed by atoms with van der Waals surface area (Å²) in [6, 6.07) is 11.1. The van der Waals surface area contributed by atoms with Crippen LogP contribution in [0, 0.1) is 0 Å². The lowest BCUT2D eigenvalue weighted by molar-refractivity contribution is 0.0934. The molecule has 0 saturated carbocycles. The van der Waals surface area contributed by atoms with E-state index in [1.807, 2.05) is 23.9 Å². The zero-order chi connectivity index (χ0) is 13.9. The van der Waals surface area contributed by atoms with Crippen LogP contribution in [0.4, 0.5) is 0 Å². The van der Waals surface area contributed by atoms with Crippen LogP contribution < -0.4 is 10.9 Å². The molecule has 2 heterocycles. The van der Waals surface area contributed by atoms with E-state index in [1.54, 1.807) is 0 Å². The van der Waals surface area contributed by atoms with Crippen LogP contribution in [-0.4, -0.2) is 16.6 Å². The molecule has 1 aromatic heterocycles. The first-order valence-electron chi connectivity index (χ1n) is 6.45. The molecule has 1 aromatic carbocycles. The number of amides is 1. The Kier molecular flexibility index (Phi) is 3.60. The molecule has 0 spiro atoms. The van der Waals surface area contributed by atoms with E-state index in [9.17, 15) is 9.59 Å². The first kappa shape index (κ1) is 13.0. The molecule has 2 N–H and O–H groups in total. The molecule has 0 saturated heterocycles. The van der Waals surface area contributed by atoms with E-state index in [0.29, 0.717) is 5.56 Å². The van der Waals surface area contributed by atoms with Gasteiger partial charge in [0.1, 0.15) is 0 Å². The smallest absolute Gasteiger partial charge is 0.253 e. The van der Waals surface area contributed by atoms with E-state index >= 15 is 0 Å². The van der Waals surface area contributed by atoms with Gasteiger partial charge in [0.05, 0.1) is 11.6 Å². The monoisotopic (exact) mass is 286 g/mol. The van der Waals surface area contributed by atoms with Crippen molar-refractivity contribution in [2.75, 3.05) is 5.75 Å². The molecule has 0 fully saturated rings. The third kappa shape index (κ3) is 2.63. The van der Waals surface area contributed by atoms with Crippen molar-refractivity contribution < 1.29 is 4.79 Å². The van der Waals surface area contributed by atoms with Crippen LogP contribution in [0.5, 0.6) is 0 Å². The summed E-state index contributed by atoms with van der Waals surface area (Å²) in [4.78, 5) is 26.9. The molecule has 0 aliphatic carbocycles. The van der Waals surface area contributed by atoms with E-state index in [1.165, 1.54) is 28.8 Å². The molecule has 5 heteroatoms. The number of hydrogen-bond acceptors (Lipinski definition) is 3. The molecule has 102 valence electrons. The highest BCUT2D eigenvalue weighted by molar-refractivity contribution is 7.99. The number of benzene rings is 1. The summed E-state index contributed by atoms with van der Waals surface area (Å²) in [5.41, 5.74) is 1.43. The summed E-state index contributed by atoms with van der Waals surface area (Å²) in [5.74, 6) is 0.834. The van der Waals surface area contributed by atoms with Gasteiger partial charge in [0.25, 0.3) is 5.91 Å². The largest absolute Gasteiger partial charge is 0.345 e. The van der Waals surface area contributed by atoms with E-state index in [2.05, 4.69) is 22.4 Å². The van der Waals surface area contributed by atoms with Crippen molar-refractivity contribution in [2.24, 2.45) is 0 Å². The first-order valence-corrected chi connectivity index (χ1v) is 7.44. The van der Waals surface area contributed by atoms with Crippen LogP contribution in [-0.2, 0) is 0 Å². The van der Waals surface area contributed by atoms with Crippen LogP contribution in [0.25, 0.3) is 0 Å². The van der Waals surface area contributed by atoms with Crippen molar-refractivity contribution in [3.05, 3.63) is 64.1 Å². The van der Waals surface area contributed by atoms with Crippen LogP contribution in [0.2, 0.25) is 0 Å². The molecule has 3 rings (SSSR count). The highest BCUT2D eigenvalue weighted by Crippen LogP contribution is 2.35. The summed E-state index contributed by atoms with van der Waals surface area (Å²) < 4.78 is 0. The van der Waals surface area contributed by atoms with Crippen LogP contribution in [0.15, 0.2) is 52.3 Å². The molecule has 1 atom stereocenters. The van der Waals surface area contributed by atoms with Gasteiger partial charge in [-0.05, 0) is 24.1 Å². The number of aromatic amines is 1. The van der Waals surface area contributed by atoms with Crippen LogP contribution >= 0.6 is 11.8 Å². The van der Waals surface area contributed by atoms with E-state index in [0.717, 1.165) is 12.2 Å². The number of fused-ring (bicyclic) bond motifs is 1. The summed E-state index contributed by atoms with van der Waals surface area (Å²) >= 11 is 1.82. The minimum atomic E-state index is -0.207. The number of hydrogen-bond donors (Lipinski definition) is 2. The molecular formula is C15H14N2O2S. The van der Waals surface area contributed by atoms with E-state index < -0.39 is 0 Å². The zero-order valence-corrected chi connectivity index (χ0v) is 11.6. The minimum Gasteiger partial charge on any atom is -0.345 e. The Labute approximate surface area is 120 Å². The number of aromatic nitrogens is 1. The third-order valence-corrected chi connectivity index (χ3v) is 4.43. The topological polar surface area (TPSA) is 62.0 Å². The number of carbonyl (C=O) groups excluding carboxylic acids is 1. The second-order valence-corrected chi connectivity index (χ2v) is 5.78. The molecule has 2 aromatic rings. The molecule has 0 bridgehead atoms. The molecule has 4 nitrogen and oxygen atoms in total. The van der Waals surface area contributed by atoms with Crippen molar-refractivity contribution in [1.82, 2.24) is 10.3 Å². The quantitative estimate of drug-likeness (QED) is 0.890. The SMILES string of the molecule is O=C(N[C@H]1CCSc2ccccc21)c1ccc(=O)[nH]c1. The lowest BCUT2D eigenvalue weighted by atomic mass is 10.0. The van der Waals surface area contributed by atoms with Crippen LogP contribution in [0.1, 0.15) is 28.4 Å². The average molecular weight is 286 g/mol. The highest BCUT2D eigenvalue weighted by Gasteiger charge is 2.22. The molecule has 0 unspecified atom stereocenters. The number of H-pyrrole nitrogens is 1. The molecule has 1 amide bonds. The number of thioether (sulfide) groups is 1. The second kappa shape index (κ2) is 5.54. The number of pyridine rings is 1. The van der Waals surface area contributed by atoms with Gasteiger partial charge in [-0.2, -0.15) is 0 Å². The fourth-order valence-electron chi connectivity index (χ4n) is 2.29. The van der Waals surface area contributed by atoms with Gasteiger partial charge in [0.15, 0.2) is 0 Å². The Hall–Kier alpha value is -2.01. The van der Waals surface area contributed by atoms with Gasteiger partial charge < -0.3 is 10.3 Å². The lowest BCUT2D eigenvalue weighted by Gasteiger charge is -2.25. The fraction of sp³-hybridized carbons (Fsp3) is 0.200. The van der Waals surface area contributed by atoms with Gasteiger partial charge in [-0.1, -0.05) is 18.2 Å². The Morgan fingerprint density at radius 1 is 1.25 bits per heavy atom. The van der Waals surface area contributed by atoms with Crippen molar-refractivity contribution >= 4 is 17.7 Å². The van der Waals surface area contributed by atoms with E-state index in [-0.39, 0.29) is 17.5 Å². The zero-order valence-electron chi connectivity index (χ0n) is 10.8. The number of rotatable bonds is 2. The van der Waals surface area contributed by atoms with Crippen LogP contribution in [0.3, 0.4) is 0 Å². The Bertz CT molecular complexity index is 676. The van der Waals surface area contributed by atoms with Crippen molar-refractivity contribution in [1.29, 1.82) is 0 Å². The number of carbonyl (C=O) groups is 1. The van der Waals surface area contributed by atoms with Crippen molar-refractivity contribution in [3.63, 3.8) is 0 Å². The van der Waals surface area contributed by atoms with E-state index in [4.69, 9.17) is 0 Å². The summed E-state index contributed by atoms with van der Waals surface area (Å²) in [6.45, 7) is 0. The van der Waals surface area contributed by atoms with Gasteiger partial charge in [-0.15, -0.1) is 11.8 Å². The van der Waals surface area contributed by atoms with Crippen molar-refractivity contribution in [2.45, 2.75) is 17.4 Å². The summed E-state index contributed by atoms with van der Waals surface area (Å²) in [5, 5.41) is 3.04. The Balaban J connectivity index is 1.80. The second-order valence-electron chi connectivity index (χ2n) is 4.64. The number of nitrogens with one attached hydrogen (secondary N) is 2. The van der Waals surface area contributed by atoms with Gasteiger partial charge in [0, 0.05) is 22.9 Å². The maximum absolute atomic E-state index is 12.2. The summed E-state index contributed by atoms with van der Waals surface area (Å²) in [6.07, 6.45) is 2.36. The van der Waals surface area contributed by atoms with Gasteiger partial charge in [0.2, 0.25) is 5.56 Å². The molecule has 0 radical (unpaired) electrons. The Morgan fingerprint density at radius 3 is 2.90 bits per heavy atom.